The molecule has 1 unspecified atom stereocenters. The van der Waals surface area contributed by atoms with Crippen molar-refractivity contribution < 1.29 is 14.2 Å². The van der Waals surface area contributed by atoms with Gasteiger partial charge in [-0.2, -0.15) is 0 Å². The minimum Gasteiger partial charge on any atom is -0.393 e. The fourth-order valence-electron chi connectivity index (χ4n) is 0.806. The molecule has 0 saturated carbocycles. The highest BCUT2D eigenvalue weighted by Crippen LogP contribution is 2.03. The Morgan fingerprint density at radius 1 is 1.45 bits per heavy atom. The van der Waals surface area contributed by atoms with Crippen molar-refractivity contribution in [1.29, 1.82) is 0 Å². The van der Waals surface area contributed by atoms with E-state index in [4.69, 9.17) is 9.84 Å². The second kappa shape index (κ2) is 7.95. The first kappa shape index (κ1) is 10.8. The molecule has 11 heavy (non-hydrogen) atoms. The van der Waals surface area contributed by atoms with Crippen molar-refractivity contribution in [3.63, 3.8) is 0 Å². The predicted molar refractivity (Wildman–Crippen MR) is 42.3 cm³/mol. The van der Waals surface area contributed by atoms with E-state index in [1.54, 1.807) is 0 Å². The molecular formula is C8H17FO2. The average Bonchev–Trinajstić information content (AvgIpc) is 2.04. The number of hydrogen-bond acceptors (Lipinski definition) is 2. The Kier molecular flexibility index (Phi) is 7.84. The van der Waals surface area contributed by atoms with E-state index in [0.29, 0.717) is 13.0 Å². The molecule has 0 spiro atoms. The standard InChI is InChI=1S/C8H17FO2/c1-2-11-6-4-3-5-8(9)7-10/h8,10H,2-7H2,1H3. The molecule has 0 aromatic heterocycles. The van der Waals surface area contributed by atoms with Crippen LogP contribution in [0.4, 0.5) is 4.39 Å². The summed E-state index contributed by atoms with van der Waals surface area (Å²) in [7, 11) is 0. The molecule has 0 aromatic rings. The summed E-state index contributed by atoms with van der Waals surface area (Å²) < 4.78 is 17.4. The molecule has 0 radical (unpaired) electrons. The number of aliphatic hydroxyl groups is 1. The Bertz CT molecular complexity index is 78.5. The summed E-state index contributed by atoms with van der Waals surface area (Å²) in [5, 5.41) is 8.33. The van der Waals surface area contributed by atoms with Crippen LogP contribution in [0.25, 0.3) is 0 Å². The molecular weight excluding hydrogens is 147 g/mol. The molecule has 0 heterocycles. The third-order valence-electron chi connectivity index (χ3n) is 1.46. The molecule has 68 valence electrons. The Morgan fingerprint density at radius 3 is 2.73 bits per heavy atom. The predicted octanol–water partition coefficient (Wildman–Crippen LogP) is 1.52. The van der Waals surface area contributed by atoms with Gasteiger partial charge in [0.2, 0.25) is 0 Å². The fourth-order valence-corrected chi connectivity index (χ4v) is 0.806. The molecule has 0 aliphatic rings. The van der Waals surface area contributed by atoms with Gasteiger partial charge in [-0.25, -0.2) is 4.39 Å². The van der Waals surface area contributed by atoms with Gasteiger partial charge in [0.15, 0.2) is 0 Å². The normalized spacial score (nSPS) is 13.4. The second-order valence-electron chi connectivity index (χ2n) is 2.47. The second-order valence-corrected chi connectivity index (χ2v) is 2.47. The molecule has 2 nitrogen and oxygen atoms in total. The number of aliphatic hydroxyl groups excluding tert-OH is 1. The van der Waals surface area contributed by atoms with E-state index in [1.165, 1.54) is 0 Å². The van der Waals surface area contributed by atoms with Gasteiger partial charge in [-0.1, -0.05) is 0 Å². The molecule has 3 heteroatoms. The van der Waals surface area contributed by atoms with Crippen molar-refractivity contribution in [2.75, 3.05) is 19.8 Å². The van der Waals surface area contributed by atoms with Crippen LogP contribution in [0.2, 0.25) is 0 Å². The third-order valence-corrected chi connectivity index (χ3v) is 1.46. The summed E-state index contributed by atoms with van der Waals surface area (Å²) in [5.41, 5.74) is 0. The van der Waals surface area contributed by atoms with E-state index in [2.05, 4.69) is 0 Å². The highest BCUT2D eigenvalue weighted by Gasteiger charge is 2.02. The maximum atomic E-state index is 12.4. The lowest BCUT2D eigenvalue weighted by atomic mass is 10.2. The van der Waals surface area contributed by atoms with E-state index in [-0.39, 0.29) is 6.61 Å². The molecule has 0 aliphatic carbocycles. The zero-order chi connectivity index (χ0) is 8.53. The van der Waals surface area contributed by atoms with Crippen LogP contribution in [0.1, 0.15) is 26.2 Å². The van der Waals surface area contributed by atoms with E-state index in [0.717, 1.165) is 19.4 Å². The van der Waals surface area contributed by atoms with Crippen LogP contribution in [-0.4, -0.2) is 31.1 Å². The molecule has 0 fully saturated rings. The van der Waals surface area contributed by atoms with Gasteiger partial charge >= 0.3 is 0 Å². The molecule has 1 atom stereocenters. The Hall–Kier alpha value is -0.150. The largest absolute Gasteiger partial charge is 0.393 e. The number of rotatable bonds is 7. The van der Waals surface area contributed by atoms with Crippen molar-refractivity contribution >= 4 is 0 Å². The van der Waals surface area contributed by atoms with Gasteiger partial charge in [0.05, 0.1) is 6.61 Å². The van der Waals surface area contributed by atoms with Crippen LogP contribution in [0.3, 0.4) is 0 Å². The highest BCUT2D eigenvalue weighted by atomic mass is 19.1. The molecule has 0 aromatic carbocycles. The Labute approximate surface area is 67.4 Å². The van der Waals surface area contributed by atoms with Crippen molar-refractivity contribution in [2.24, 2.45) is 0 Å². The molecule has 0 amide bonds. The third kappa shape index (κ3) is 7.75. The number of ether oxygens (including phenoxy) is 1. The van der Waals surface area contributed by atoms with Gasteiger partial charge in [-0.3, -0.25) is 0 Å². The summed E-state index contributed by atoms with van der Waals surface area (Å²) in [5.74, 6) is 0. The highest BCUT2D eigenvalue weighted by molar-refractivity contribution is 4.52. The van der Waals surface area contributed by atoms with Crippen molar-refractivity contribution in [1.82, 2.24) is 0 Å². The first-order chi connectivity index (χ1) is 5.31. The summed E-state index contributed by atoms with van der Waals surface area (Å²) in [6.07, 6.45) is 1.08. The maximum Gasteiger partial charge on any atom is 0.123 e. The summed E-state index contributed by atoms with van der Waals surface area (Å²) in [6, 6.07) is 0. The number of alkyl halides is 1. The van der Waals surface area contributed by atoms with Crippen LogP contribution < -0.4 is 0 Å². The lowest BCUT2D eigenvalue weighted by Crippen LogP contribution is -2.06. The fraction of sp³-hybridized carbons (Fsp3) is 1.00. The van der Waals surface area contributed by atoms with E-state index in [9.17, 15) is 4.39 Å². The Balaban J connectivity index is 2.89. The van der Waals surface area contributed by atoms with Gasteiger partial charge in [-0.15, -0.1) is 0 Å². The molecule has 0 bridgehead atoms. The van der Waals surface area contributed by atoms with Gasteiger partial charge in [0, 0.05) is 13.2 Å². The van der Waals surface area contributed by atoms with E-state index >= 15 is 0 Å². The smallest absolute Gasteiger partial charge is 0.123 e. The van der Waals surface area contributed by atoms with E-state index < -0.39 is 6.17 Å². The topological polar surface area (TPSA) is 29.5 Å². The lowest BCUT2D eigenvalue weighted by molar-refractivity contribution is 0.133. The van der Waals surface area contributed by atoms with Crippen LogP contribution in [0.15, 0.2) is 0 Å². The van der Waals surface area contributed by atoms with Gasteiger partial charge in [0.1, 0.15) is 6.17 Å². The molecule has 0 saturated heterocycles. The molecule has 0 aliphatic heterocycles. The summed E-state index contributed by atoms with van der Waals surface area (Å²) in [4.78, 5) is 0. The SMILES string of the molecule is CCOCCCCC(F)CO. The van der Waals surface area contributed by atoms with Gasteiger partial charge in [0.25, 0.3) is 0 Å². The van der Waals surface area contributed by atoms with Gasteiger partial charge < -0.3 is 9.84 Å². The van der Waals surface area contributed by atoms with Crippen molar-refractivity contribution in [3.05, 3.63) is 0 Å². The van der Waals surface area contributed by atoms with Crippen molar-refractivity contribution in [3.8, 4) is 0 Å². The van der Waals surface area contributed by atoms with Crippen molar-refractivity contribution in [2.45, 2.75) is 32.4 Å². The number of unbranched alkanes of at least 4 members (excludes halogenated alkanes) is 1. The van der Waals surface area contributed by atoms with Crippen LogP contribution >= 0.6 is 0 Å². The van der Waals surface area contributed by atoms with Gasteiger partial charge in [-0.05, 0) is 26.2 Å². The average molecular weight is 164 g/mol. The first-order valence-corrected chi connectivity index (χ1v) is 4.14. The zero-order valence-corrected chi connectivity index (χ0v) is 7.05. The molecule has 0 rings (SSSR count). The zero-order valence-electron chi connectivity index (χ0n) is 7.05. The van der Waals surface area contributed by atoms with Crippen LogP contribution in [-0.2, 0) is 4.74 Å². The minimum atomic E-state index is -1.04. The lowest BCUT2D eigenvalue weighted by Gasteiger charge is -2.03. The quantitative estimate of drug-likeness (QED) is 0.578. The molecule has 1 N–H and O–H groups in total. The number of hydrogen-bond donors (Lipinski definition) is 1. The number of halogens is 1. The Morgan fingerprint density at radius 2 is 2.18 bits per heavy atom. The van der Waals surface area contributed by atoms with E-state index in [1.807, 2.05) is 6.92 Å². The summed E-state index contributed by atoms with van der Waals surface area (Å²) in [6.45, 7) is 3.01. The van der Waals surface area contributed by atoms with Crippen LogP contribution in [0.5, 0.6) is 0 Å². The first-order valence-electron chi connectivity index (χ1n) is 4.14. The minimum absolute atomic E-state index is 0.353. The summed E-state index contributed by atoms with van der Waals surface area (Å²) >= 11 is 0. The van der Waals surface area contributed by atoms with Crippen LogP contribution in [0, 0.1) is 0 Å². The monoisotopic (exact) mass is 164 g/mol. The maximum absolute atomic E-state index is 12.4.